The van der Waals surface area contributed by atoms with Crippen molar-refractivity contribution in [1.29, 1.82) is 0 Å². The number of thiophene rings is 1. The molecular weight excluding hydrogens is 289 g/mol. The van der Waals surface area contributed by atoms with Crippen LogP contribution in [0.1, 0.15) is 28.9 Å². The van der Waals surface area contributed by atoms with Gasteiger partial charge in [0.2, 0.25) is 5.95 Å². The number of nitrogens with zero attached hydrogens (tertiary/aromatic N) is 4. The maximum Gasteiger partial charge on any atom is 0.244 e. The molecule has 5 nitrogen and oxygen atoms in total. The number of tetrazole rings is 1. The van der Waals surface area contributed by atoms with Gasteiger partial charge in [-0.25, -0.2) is 9.07 Å². The van der Waals surface area contributed by atoms with Gasteiger partial charge in [0.15, 0.2) is 0 Å². The average Bonchev–Trinajstić information content (AvgIpc) is 3.18. The fourth-order valence-electron chi connectivity index (χ4n) is 2.72. The number of rotatable bonds is 2. The second-order valence-corrected chi connectivity index (χ2v) is 5.91. The monoisotopic (exact) mass is 301 g/mol. The molecule has 4 rings (SSSR count). The standard InChI is InChI=1S/C14H12FN5S/c15-10-5-2-1-4-9(10)12-8-11(13-6-3-7-21-13)16-14-17-18-19-20(12)14/h1-7,11-12H,8H2,(H,16,17,19). The first-order chi connectivity index (χ1) is 10.3. The van der Waals surface area contributed by atoms with Crippen LogP contribution in [0.15, 0.2) is 41.8 Å². The summed E-state index contributed by atoms with van der Waals surface area (Å²) in [5, 5.41) is 17.1. The highest BCUT2D eigenvalue weighted by Gasteiger charge is 2.32. The van der Waals surface area contributed by atoms with Crippen LogP contribution in [0.5, 0.6) is 0 Å². The second-order valence-electron chi connectivity index (χ2n) is 4.93. The summed E-state index contributed by atoms with van der Waals surface area (Å²) in [6, 6.07) is 10.8. The average molecular weight is 301 g/mol. The van der Waals surface area contributed by atoms with Crippen LogP contribution in [0.4, 0.5) is 10.3 Å². The first-order valence-corrected chi connectivity index (χ1v) is 7.53. The molecule has 0 spiro atoms. The summed E-state index contributed by atoms with van der Waals surface area (Å²) in [6.07, 6.45) is 0.708. The first kappa shape index (κ1) is 12.5. The molecular formula is C14H12FN5S. The van der Waals surface area contributed by atoms with Crippen LogP contribution in [0.2, 0.25) is 0 Å². The highest BCUT2D eigenvalue weighted by molar-refractivity contribution is 7.10. The predicted molar refractivity (Wildman–Crippen MR) is 77.7 cm³/mol. The SMILES string of the molecule is Fc1ccccc1C1CC(c2cccs2)Nc2nnnn21. The van der Waals surface area contributed by atoms with Crippen LogP contribution < -0.4 is 5.32 Å². The highest BCUT2D eigenvalue weighted by Crippen LogP contribution is 2.38. The van der Waals surface area contributed by atoms with Gasteiger partial charge in [-0.15, -0.1) is 11.3 Å². The number of hydrogen-bond acceptors (Lipinski definition) is 5. The third-order valence-corrected chi connectivity index (χ3v) is 4.69. The quantitative estimate of drug-likeness (QED) is 0.790. The van der Waals surface area contributed by atoms with Crippen LogP contribution in [-0.2, 0) is 0 Å². The zero-order chi connectivity index (χ0) is 14.2. The van der Waals surface area contributed by atoms with Crippen molar-refractivity contribution in [3.8, 4) is 0 Å². The van der Waals surface area contributed by atoms with Crippen molar-refractivity contribution in [1.82, 2.24) is 20.2 Å². The Morgan fingerprint density at radius 2 is 2.14 bits per heavy atom. The van der Waals surface area contributed by atoms with E-state index >= 15 is 0 Å². The fourth-order valence-corrected chi connectivity index (χ4v) is 3.51. The molecule has 0 aliphatic carbocycles. The van der Waals surface area contributed by atoms with Gasteiger partial charge in [-0.3, -0.25) is 0 Å². The van der Waals surface area contributed by atoms with Gasteiger partial charge in [0.1, 0.15) is 5.82 Å². The van der Waals surface area contributed by atoms with E-state index in [1.807, 2.05) is 17.5 Å². The van der Waals surface area contributed by atoms with Crippen LogP contribution in [-0.4, -0.2) is 20.2 Å². The molecule has 7 heteroatoms. The van der Waals surface area contributed by atoms with E-state index in [0.717, 1.165) is 0 Å². The van der Waals surface area contributed by atoms with Crippen molar-refractivity contribution in [2.45, 2.75) is 18.5 Å². The molecule has 0 fully saturated rings. The third-order valence-electron chi connectivity index (χ3n) is 3.70. The number of fused-ring (bicyclic) bond motifs is 1. The Hall–Kier alpha value is -2.28. The number of nitrogens with one attached hydrogen (secondary N) is 1. The number of aromatic nitrogens is 4. The van der Waals surface area contributed by atoms with Crippen molar-refractivity contribution < 1.29 is 4.39 Å². The highest BCUT2D eigenvalue weighted by atomic mass is 32.1. The van der Waals surface area contributed by atoms with Gasteiger partial charge in [0, 0.05) is 10.4 Å². The van der Waals surface area contributed by atoms with E-state index in [9.17, 15) is 4.39 Å². The van der Waals surface area contributed by atoms with E-state index in [2.05, 4.69) is 26.9 Å². The molecule has 21 heavy (non-hydrogen) atoms. The summed E-state index contributed by atoms with van der Waals surface area (Å²) in [5.41, 5.74) is 0.620. The lowest BCUT2D eigenvalue weighted by Crippen LogP contribution is -2.28. The minimum Gasteiger partial charge on any atom is -0.345 e. The summed E-state index contributed by atoms with van der Waals surface area (Å²) >= 11 is 1.67. The molecule has 1 aliphatic heterocycles. The molecule has 2 unspecified atom stereocenters. The van der Waals surface area contributed by atoms with Crippen molar-refractivity contribution >= 4 is 17.3 Å². The number of halogens is 1. The van der Waals surface area contributed by atoms with Gasteiger partial charge >= 0.3 is 0 Å². The maximum absolute atomic E-state index is 14.1. The van der Waals surface area contributed by atoms with E-state index in [4.69, 9.17) is 0 Å². The van der Waals surface area contributed by atoms with Crippen LogP contribution in [0, 0.1) is 5.82 Å². The zero-order valence-electron chi connectivity index (χ0n) is 11.0. The minimum atomic E-state index is -0.226. The maximum atomic E-state index is 14.1. The molecule has 1 aromatic carbocycles. The van der Waals surface area contributed by atoms with Crippen LogP contribution in [0.25, 0.3) is 0 Å². The van der Waals surface area contributed by atoms with Gasteiger partial charge in [-0.05, 0) is 34.4 Å². The number of anilines is 1. The van der Waals surface area contributed by atoms with Crippen molar-refractivity contribution in [3.63, 3.8) is 0 Å². The molecule has 2 aromatic heterocycles. The molecule has 0 saturated heterocycles. The normalized spacial score (nSPS) is 20.8. The molecule has 1 aliphatic rings. The minimum absolute atomic E-state index is 0.0908. The van der Waals surface area contributed by atoms with Gasteiger partial charge in [-0.1, -0.05) is 29.4 Å². The largest absolute Gasteiger partial charge is 0.345 e. The van der Waals surface area contributed by atoms with E-state index in [1.54, 1.807) is 28.2 Å². The van der Waals surface area contributed by atoms with Crippen LogP contribution in [0.3, 0.4) is 0 Å². The molecule has 1 N–H and O–H groups in total. The summed E-state index contributed by atoms with van der Waals surface area (Å²) in [5.74, 6) is 0.351. The Balaban J connectivity index is 1.78. The second kappa shape index (κ2) is 4.92. The van der Waals surface area contributed by atoms with Crippen molar-refractivity contribution in [2.24, 2.45) is 0 Å². The lowest BCUT2D eigenvalue weighted by molar-refractivity contribution is 0.411. The molecule has 0 amide bonds. The lowest BCUT2D eigenvalue weighted by Gasteiger charge is -2.30. The lowest BCUT2D eigenvalue weighted by atomic mass is 9.96. The Kier molecular flexibility index (Phi) is 2.92. The molecule has 3 heterocycles. The summed E-state index contributed by atoms with van der Waals surface area (Å²) < 4.78 is 15.8. The number of hydrogen-bond donors (Lipinski definition) is 1. The van der Waals surface area contributed by atoms with Crippen molar-refractivity contribution in [3.05, 3.63) is 58.0 Å². The van der Waals surface area contributed by atoms with Gasteiger partial charge in [0.25, 0.3) is 0 Å². The molecule has 2 atom stereocenters. The van der Waals surface area contributed by atoms with Gasteiger partial charge in [0.05, 0.1) is 12.1 Å². The number of benzene rings is 1. The summed E-state index contributed by atoms with van der Waals surface area (Å²) in [6.45, 7) is 0. The van der Waals surface area contributed by atoms with Crippen molar-refractivity contribution in [2.75, 3.05) is 5.32 Å². The predicted octanol–water partition coefficient (Wildman–Crippen LogP) is 3.02. The molecule has 0 radical (unpaired) electrons. The topological polar surface area (TPSA) is 55.6 Å². The molecule has 0 saturated carbocycles. The van der Waals surface area contributed by atoms with E-state index in [-0.39, 0.29) is 17.9 Å². The van der Waals surface area contributed by atoms with Crippen LogP contribution >= 0.6 is 11.3 Å². The zero-order valence-corrected chi connectivity index (χ0v) is 11.8. The Labute approximate surface area is 124 Å². The first-order valence-electron chi connectivity index (χ1n) is 6.65. The van der Waals surface area contributed by atoms with Gasteiger partial charge < -0.3 is 5.32 Å². The Morgan fingerprint density at radius 1 is 1.24 bits per heavy atom. The van der Waals surface area contributed by atoms with E-state index in [1.165, 1.54) is 10.9 Å². The fraction of sp³-hybridized carbons (Fsp3) is 0.214. The van der Waals surface area contributed by atoms with Gasteiger partial charge in [-0.2, -0.15) is 0 Å². The third kappa shape index (κ3) is 2.09. The Morgan fingerprint density at radius 3 is 2.95 bits per heavy atom. The Bertz CT molecular complexity index is 754. The molecule has 106 valence electrons. The smallest absolute Gasteiger partial charge is 0.244 e. The van der Waals surface area contributed by atoms with E-state index < -0.39 is 0 Å². The summed E-state index contributed by atoms with van der Waals surface area (Å²) in [7, 11) is 0. The van der Waals surface area contributed by atoms with E-state index in [0.29, 0.717) is 17.9 Å². The molecule has 0 bridgehead atoms. The molecule has 3 aromatic rings. The summed E-state index contributed by atoms with van der Waals surface area (Å²) in [4.78, 5) is 1.20.